The van der Waals surface area contributed by atoms with E-state index >= 15 is 0 Å². The van der Waals surface area contributed by atoms with Gasteiger partial charge >= 0.3 is 6.18 Å². The molecule has 0 atom stereocenters. The molecule has 1 saturated heterocycles. The zero-order valence-corrected chi connectivity index (χ0v) is 20.3. The van der Waals surface area contributed by atoms with Gasteiger partial charge in [0, 0.05) is 42.0 Å². The fourth-order valence-corrected chi connectivity index (χ4v) is 5.28. The van der Waals surface area contributed by atoms with Gasteiger partial charge < -0.3 is 15.0 Å². The van der Waals surface area contributed by atoms with Gasteiger partial charge in [-0.1, -0.05) is 17.7 Å². The summed E-state index contributed by atoms with van der Waals surface area (Å²) in [7, 11) is 0. The van der Waals surface area contributed by atoms with Crippen molar-refractivity contribution in [2.45, 2.75) is 31.4 Å². The Morgan fingerprint density at radius 3 is 2.67 bits per heavy atom. The highest BCUT2D eigenvalue weighted by molar-refractivity contribution is 6.30. The summed E-state index contributed by atoms with van der Waals surface area (Å²) in [5.41, 5.74) is 1.39. The molecule has 2 aliphatic rings. The molecule has 2 aromatic heterocycles. The highest BCUT2D eigenvalue weighted by Crippen LogP contribution is 2.44. The quantitative estimate of drug-likeness (QED) is 0.496. The lowest BCUT2D eigenvalue weighted by molar-refractivity contribution is -0.137. The highest BCUT2D eigenvalue weighted by Gasteiger charge is 2.44. The minimum absolute atomic E-state index is 0.0477. The van der Waals surface area contributed by atoms with Crippen LogP contribution in [-0.4, -0.2) is 42.1 Å². The molecule has 0 aliphatic carbocycles. The van der Waals surface area contributed by atoms with E-state index in [1.54, 1.807) is 17.2 Å². The number of rotatable bonds is 4. The summed E-state index contributed by atoms with van der Waals surface area (Å²) in [6.07, 6.45) is -1.74. The van der Waals surface area contributed by atoms with Gasteiger partial charge in [-0.25, -0.2) is 9.97 Å². The van der Waals surface area contributed by atoms with Crippen LogP contribution >= 0.6 is 11.6 Å². The second-order valence-corrected chi connectivity index (χ2v) is 9.43. The molecule has 4 heterocycles. The molecule has 0 unspecified atom stereocenters. The molecule has 3 aromatic rings. The van der Waals surface area contributed by atoms with Crippen molar-refractivity contribution in [2.75, 3.05) is 31.1 Å². The molecule has 10 heteroatoms. The summed E-state index contributed by atoms with van der Waals surface area (Å²) in [5.74, 6) is 0.175. The standard InChI is InChI=1S/C26H24ClF3N4O2/c1-2-36-24-17(4-3-11-31-24)20-7-6-18-22(33-20)23(35)32-15-25(18)9-12-34(13-10-25)21-8-5-16(27)14-19(21)26(28,29)30/h3-8,11,14H,2,9-10,12-13,15H2,1H3,(H,32,35). The number of aromatic nitrogens is 2. The Morgan fingerprint density at radius 1 is 1.17 bits per heavy atom. The number of nitrogens with zero attached hydrogens (tertiary/aromatic N) is 3. The highest BCUT2D eigenvalue weighted by atomic mass is 35.5. The van der Waals surface area contributed by atoms with Gasteiger partial charge in [-0.2, -0.15) is 13.2 Å². The topological polar surface area (TPSA) is 67.3 Å². The van der Waals surface area contributed by atoms with E-state index in [0.717, 1.165) is 11.6 Å². The monoisotopic (exact) mass is 516 g/mol. The number of anilines is 1. The fourth-order valence-electron chi connectivity index (χ4n) is 5.11. The largest absolute Gasteiger partial charge is 0.477 e. The molecule has 5 rings (SSSR count). The number of hydrogen-bond acceptors (Lipinski definition) is 5. The number of piperidine rings is 1. The second kappa shape index (κ2) is 9.28. The van der Waals surface area contributed by atoms with Gasteiger partial charge in [0.2, 0.25) is 5.88 Å². The minimum Gasteiger partial charge on any atom is -0.477 e. The van der Waals surface area contributed by atoms with Crippen LogP contribution in [0.25, 0.3) is 11.3 Å². The van der Waals surface area contributed by atoms with Crippen molar-refractivity contribution in [3.63, 3.8) is 0 Å². The molecule has 0 radical (unpaired) electrons. The van der Waals surface area contributed by atoms with Crippen LogP contribution in [-0.2, 0) is 11.6 Å². The molecular formula is C26H24ClF3N4O2. The maximum Gasteiger partial charge on any atom is 0.418 e. The maximum absolute atomic E-state index is 13.7. The number of carbonyl (C=O) groups is 1. The van der Waals surface area contributed by atoms with E-state index < -0.39 is 17.2 Å². The predicted molar refractivity (Wildman–Crippen MR) is 131 cm³/mol. The van der Waals surface area contributed by atoms with E-state index in [4.69, 9.17) is 16.3 Å². The van der Waals surface area contributed by atoms with Crippen molar-refractivity contribution in [3.8, 4) is 17.1 Å². The van der Waals surface area contributed by atoms with Crippen molar-refractivity contribution in [3.05, 3.63) is 70.5 Å². The summed E-state index contributed by atoms with van der Waals surface area (Å²) in [4.78, 5) is 23.5. The molecular weight excluding hydrogens is 493 g/mol. The predicted octanol–water partition coefficient (Wildman–Crippen LogP) is 5.50. The number of nitrogens with one attached hydrogen (secondary N) is 1. The number of carbonyl (C=O) groups excluding carboxylic acids is 1. The number of ether oxygens (including phenoxy) is 1. The van der Waals surface area contributed by atoms with E-state index in [1.807, 2.05) is 25.1 Å². The zero-order valence-electron chi connectivity index (χ0n) is 19.5. The molecule has 36 heavy (non-hydrogen) atoms. The van der Waals surface area contributed by atoms with E-state index in [9.17, 15) is 18.0 Å². The van der Waals surface area contributed by atoms with Crippen molar-refractivity contribution in [2.24, 2.45) is 0 Å². The Kier molecular flexibility index (Phi) is 6.28. The van der Waals surface area contributed by atoms with E-state index in [1.165, 1.54) is 12.1 Å². The zero-order chi connectivity index (χ0) is 25.5. The van der Waals surface area contributed by atoms with Crippen LogP contribution in [0.4, 0.5) is 18.9 Å². The van der Waals surface area contributed by atoms with Gasteiger partial charge in [0.15, 0.2) is 0 Å². The van der Waals surface area contributed by atoms with Crippen molar-refractivity contribution >= 4 is 23.2 Å². The third kappa shape index (κ3) is 4.36. The number of halogens is 4. The Balaban J connectivity index is 1.45. The fraction of sp³-hybridized carbons (Fsp3) is 0.346. The van der Waals surface area contributed by atoms with Gasteiger partial charge in [-0.15, -0.1) is 0 Å². The number of amides is 1. The molecule has 188 valence electrons. The lowest BCUT2D eigenvalue weighted by Gasteiger charge is -2.45. The van der Waals surface area contributed by atoms with Crippen LogP contribution in [0.15, 0.2) is 48.7 Å². The smallest absolute Gasteiger partial charge is 0.418 e. The first-order valence-electron chi connectivity index (χ1n) is 11.7. The third-order valence-corrected chi connectivity index (χ3v) is 7.16. The summed E-state index contributed by atoms with van der Waals surface area (Å²) in [6, 6.07) is 11.3. The average Bonchev–Trinajstić information content (AvgIpc) is 2.87. The Morgan fingerprint density at radius 2 is 1.94 bits per heavy atom. The van der Waals surface area contributed by atoms with Gasteiger partial charge in [0.25, 0.3) is 5.91 Å². The van der Waals surface area contributed by atoms with Crippen LogP contribution in [0.3, 0.4) is 0 Å². The van der Waals surface area contributed by atoms with Gasteiger partial charge in [-0.3, -0.25) is 4.79 Å². The van der Waals surface area contributed by atoms with Crippen molar-refractivity contribution in [1.29, 1.82) is 0 Å². The number of fused-ring (bicyclic) bond motifs is 2. The van der Waals surface area contributed by atoms with Gasteiger partial charge in [-0.05, 0) is 61.7 Å². The molecule has 6 nitrogen and oxygen atoms in total. The number of pyridine rings is 2. The van der Waals surface area contributed by atoms with Crippen molar-refractivity contribution < 1.29 is 22.7 Å². The Labute approximate surface area is 211 Å². The molecule has 1 fully saturated rings. The van der Waals surface area contributed by atoms with Crippen molar-refractivity contribution in [1.82, 2.24) is 15.3 Å². The van der Waals surface area contributed by atoms with Crippen LogP contribution < -0.4 is 15.0 Å². The van der Waals surface area contributed by atoms with Crippen LogP contribution in [0.5, 0.6) is 5.88 Å². The number of benzene rings is 1. The SMILES string of the molecule is CCOc1ncccc1-c1ccc2c(n1)C(=O)NCC21CCN(c2ccc(Cl)cc2C(F)(F)F)CC1. The first-order valence-corrected chi connectivity index (χ1v) is 12.1. The lowest BCUT2D eigenvalue weighted by atomic mass is 9.70. The van der Waals surface area contributed by atoms with Crippen LogP contribution in [0.1, 0.15) is 41.4 Å². The summed E-state index contributed by atoms with van der Waals surface area (Å²) < 4.78 is 46.6. The van der Waals surface area contributed by atoms with Crippen LogP contribution in [0, 0.1) is 0 Å². The molecule has 1 amide bonds. The Bertz CT molecular complexity index is 1310. The van der Waals surface area contributed by atoms with E-state index in [0.29, 0.717) is 61.9 Å². The first kappa shape index (κ1) is 24.4. The normalized spacial score (nSPS) is 17.0. The van der Waals surface area contributed by atoms with E-state index in [-0.39, 0.29) is 16.6 Å². The molecule has 1 N–H and O–H groups in total. The lowest BCUT2D eigenvalue weighted by Crippen LogP contribution is -2.53. The minimum atomic E-state index is -4.51. The number of hydrogen-bond donors (Lipinski definition) is 1. The van der Waals surface area contributed by atoms with Gasteiger partial charge in [0.05, 0.1) is 23.4 Å². The second-order valence-electron chi connectivity index (χ2n) is 8.99. The molecule has 1 aromatic carbocycles. The summed E-state index contributed by atoms with van der Waals surface area (Å²) in [5, 5.41) is 3.00. The van der Waals surface area contributed by atoms with Gasteiger partial charge in [0.1, 0.15) is 5.69 Å². The van der Waals surface area contributed by atoms with E-state index in [2.05, 4.69) is 15.3 Å². The van der Waals surface area contributed by atoms with Crippen LogP contribution in [0.2, 0.25) is 5.02 Å². The molecule has 0 saturated carbocycles. The summed E-state index contributed by atoms with van der Waals surface area (Å²) >= 11 is 5.86. The molecule has 2 aliphatic heterocycles. The average molecular weight is 517 g/mol. The molecule has 1 spiro atoms. The maximum atomic E-state index is 13.7. The summed E-state index contributed by atoms with van der Waals surface area (Å²) in [6.45, 7) is 3.53. The third-order valence-electron chi connectivity index (χ3n) is 6.92. The first-order chi connectivity index (χ1) is 17.2. The molecule has 0 bridgehead atoms. The number of alkyl halides is 3. The Hall–Kier alpha value is -3.33.